The van der Waals surface area contributed by atoms with Gasteiger partial charge in [-0.05, 0) is 18.2 Å². The number of hydrogen-bond acceptors (Lipinski definition) is 5. The molecule has 0 unspecified atom stereocenters. The molecule has 0 aliphatic rings. The van der Waals surface area contributed by atoms with Crippen LogP contribution in [0.3, 0.4) is 0 Å². The largest absolute Gasteiger partial charge is 0.272 e. The summed E-state index contributed by atoms with van der Waals surface area (Å²) in [5.74, 6) is -1.42. The average molecular weight is 332 g/mol. The van der Waals surface area contributed by atoms with E-state index < -0.39 is 31.3 Å². The highest BCUT2D eigenvalue weighted by atomic mass is 35.5. The van der Waals surface area contributed by atoms with Crippen LogP contribution in [0.2, 0.25) is 5.02 Å². The topological polar surface area (TPSA) is 102 Å². The molecular weight excluding hydrogens is 325 g/mol. The molecule has 1 N–H and O–H groups in total. The van der Waals surface area contributed by atoms with Gasteiger partial charge in [-0.1, -0.05) is 11.6 Å². The minimum absolute atomic E-state index is 0.0309. The second kappa shape index (κ2) is 5.62. The number of aromatic nitrogens is 1. The van der Waals surface area contributed by atoms with Crippen LogP contribution in [0.5, 0.6) is 0 Å². The van der Waals surface area contributed by atoms with Gasteiger partial charge in [-0.3, -0.25) is 14.8 Å². The first-order chi connectivity index (χ1) is 9.81. The lowest BCUT2D eigenvalue weighted by molar-refractivity contribution is -0.385. The van der Waals surface area contributed by atoms with Crippen molar-refractivity contribution in [2.75, 3.05) is 4.72 Å². The first kappa shape index (κ1) is 15.1. The molecule has 0 fully saturated rings. The number of non-ortho nitro benzene ring substituents is 1. The molecule has 21 heavy (non-hydrogen) atoms. The molecule has 1 heterocycles. The summed E-state index contributed by atoms with van der Waals surface area (Å²) in [5.41, 5.74) is -0.553. The van der Waals surface area contributed by atoms with Crippen molar-refractivity contribution in [3.63, 3.8) is 0 Å². The van der Waals surface area contributed by atoms with Crippen LogP contribution in [-0.2, 0) is 10.0 Å². The maximum atomic E-state index is 13.7. The quantitative estimate of drug-likeness (QED) is 0.685. The Kier molecular flexibility index (Phi) is 4.05. The van der Waals surface area contributed by atoms with E-state index in [0.717, 1.165) is 12.1 Å². The number of pyridine rings is 1. The van der Waals surface area contributed by atoms with Gasteiger partial charge in [0.15, 0.2) is 11.6 Å². The van der Waals surface area contributed by atoms with Crippen LogP contribution in [0.1, 0.15) is 0 Å². The summed E-state index contributed by atoms with van der Waals surface area (Å²) in [6, 6.07) is 5.10. The molecule has 10 heteroatoms. The summed E-state index contributed by atoms with van der Waals surface area (Å²) in [6.45, 7) is 0. The molecule has 1 aromatic carbocycles. The standard InChI is InChI=1S/C11H7ClFN3O4S/c12-8-2-1-5-14-11(8)15-21(19,20)10-4-3-7(16(17)18)6-9(10)13/h1-6H,(H,14,15). The fraction of sp³-hybridized carbons (Fsp3) is 0. The minimum Gasteiger partial charge on any atom is -0.262 e. The van der Waals surface area contributed by atoms with Gasteiger partial charge in [0.25, 0.3) is 15.7 Å². The highest BCUT2D eigenvalue weighted by molar-refractivity contribution is 7.92. The summed E-state index contributed by atoms with van der Waals surface area (Å²) in [6.07, 6.45) is 1.30. The van der Waals surface area contributed by atoms with Crippen molar-refractivity contribution in [1.29, 1.82) is 0 Å². The highest BCUT2D eigenvalue weighted by Gasteiger charge is 2.23. The van der Waals surface area contributed by atoms with Crippen molar-refractivity contribution in [2.45, 2.75) is 4.90 Å². The smallest absolute Gasteiger partial charge is 0.262 e. The van der Waals surface area contributed by atoms with Gasteiger partial charge in [0, 0.05) is 12.3 Å². The Bertz CT molecular complexity index is 813. The number of nitrogens with zero attached hydrogens (tertiary/aromatic N) is 2. The van der Waals surface area contributed by atoms with Gasteiger partial charge in [0.1, 0.15) is 4.90 Å². The number of nitro benzene ring substituents is 1. The lowest BCUT2D eigenvalue weighted by Gasteiger charge is -2.09. The van der Waals surface area contributed by atoms with E-state index >= 15 is 0 Å². The molecule has 0 saturated carbocycles. The summed E-state index contributed by atoms with van der Waals surface area (Å²) >= 11 is 5.75. The molecule has 0 bridgehead atoms. The predicted octanol–water partition coefficient (Wildman–Crippen LogP) is 2.58. The number of benzene rings is 1. The van der Waals surface area contributed by atoms with E-state index in [4.69, 9.17) is 11.6 Å². The van der Waals surface area contributed by atoms with E-state index in [-0.39, 0.29) is 10.8 Å². The van der Waals surface area contributed by atoms with Crippen LogP contribution in [0, 0.1) is 15.9 Å². The van der Waals surface area contributed by atoms with Gasteiger partial charge in [-0.15, -0.1) is 0 Å². The monoisotopic (exact) mass is 331 g/mol. The number of sulfonamides is 1. The van der Waals surface area contributed by atoms with Crippen molar-refractivity contribution >= 4 is 33.1 Å². The van der Waals surface area contributed by atoms with Gasteiger partial charge in [-0.2, -0.15) is 0 Å². The second-order valence-electron chi connectivity index (χ2n) is 3.81. The molecule has 0 aliphatic carbocycles. The summed E-state index contributed by atoms with van der Waals surface area (Å²) < 4.78 is 39.8. The first-order valence-corrected chi connectivity index (χ1v) is 7.24. The maximum absolute atomic E-state index is 13.7. The molecule has 110 valence electrons. The zero-order chi connectivity index (χ0) is 15.6. The number of anilines is 1. The molecule has 0 spiro atoms. The Labute approximate surface area is 123 Å². The zero-order valence-corrected chi connectivity index (χ0v) is 11.7. The average Bonchev–Trinajstić information content (AvgIpc) is 2.40. The van der Waals surface area contributed by atoms with Gasteiger partial charge in [0.2, 0.25) is 0 Å². The second-order valence-corrected chi connectivity index (χ2v) is 5.87. The van der Waals surface area contributed by atoms with Crippen molar-refractivity contribution in [3.05, 3.63) is 57.5 Å². The Hall–Kier alpha value is -2.26. The van der Waals surface area contributed by atoms with Crippen LogP contribution in [-0.4, -0.2) is 18.3 Å². The van der Waals surface area contributed by atoms with E-state index in [1.807, 2.05) is 4.72 Å². The molecule has 7 nitrogen and oxygen atoms in total. The molecule has 0 atom stereocenters. The van der Waals surface area contributed by atoms with Gasteiger partial charge >= 0.3 is 0 Å². The van der Waals surface area contributed by atoms with Gasteiger partial charge in [-0.25, -0.2) is 17.8 Å². The van der Waals surface area contributed by atoms with Gasteiger partial charge in [0.05, 0.1) is 16.0 Å². The zero-order valence-electron chi connectivity index (χ0n) is 10.2. The minimum atomic E-state index is -4.30. The Morgan fingerprint density at radius 3 is 2.62 bits per heavy atom. The maximum Gasteiger partial charge on any atom is 0.272 e. The van der Waals surface area contributed by atoms with E-state index in [0.29, 0.717) is 6.07 Å². The van der Waals surface area contributed by atoms with Crippen molar-refractivity contribution in [3.8, 4) is 0 Å². The third-order valence-electron chi connectivity index (χ3n) is 2.41. The van der Waals surface area contributed by atoms with E-state index in [2.05, 4.69) is 4.98 Å². The van der Waals surface area contributed by atoms with Gasteiger partial charge < -0.3 is 0 Å². The normalized spacial score (nSPS) is 11.1. The Morgan fingerprint density at radius 2 is 2.05 bits per heavy atom. The number of rotatable bonds is 4. The van der Waals surface area contributed by atoms with Crippen LogP contribution in [0.4, 0.5) is 15.9 Å². The fourth-order valence-corrected chi connectivity index (χ4v) is 2.78. The lowest BCUT2D eigenvalue weighted by Crippen LogP contribution is -2.15. The molecular formula is C11H7ClFN3O4S. The summed E-state index contributed by atoms with van der Waals surface area (Å²) in [4.78, 5) is 12.6. The van der Waals surface area contributed by atoms with Crippen molar-refractivity contribution in [1.82, 2.24) is 4.98 Å². The van der Waals surface area contributed by atoms with Crippen LogP contribution >= 0.6 is 11.6 Å². The Morgan fingerprint density at radius 1 is 1.33 bits per heavy atom. The molecule has 0 saturated heterocycles. The van der Waals surface area contributed by atoms with E-state index in [1.54, 1.807) is 0 Å². The SMILES string of the molecule is O=[N+]([O-])c1ccc(S(=O)(=O)Nc2ncccc2Cl)c(F)c1. The summed E-state index contributed by atoms with van der Waals surface area (Å²) in [5, 5.41) is 10.5. The highest BCUT2D eigenvalue weighted by Crippen LogP contribution is 2.25. The Balaban J connectivity index is 2.41. The molecule has 2 aromatic rings. The summed E-state index contributed by atoms with van der Waals surface area (Å²) in [7, 11) is -4.30. The number of nitro groups is 1. The molecule has 0 aliphatic heterocycles. The molecule has 2 rings (SSSR count). The number of halogens is 2. The van der Waals surface area contributed by atoms with Crippen LogP contribution < -0.4 is 4.72 Å². The van der Waals surface area contributed by atoms with Crippen molar-refractivity contribution < 1.29 is 17.7 Å². The van der Waals surface area contributed by atoms with Crippen LogP contribution in [0.25, 0.3) is 0 Å². The van der Waals surface area contributed by atoms with E-state index in [9.17, 15) is 22.9 Å². The van der Waals surface area contributed by atoms with Crippen LogP contribution in [0.15, 0.2) is 41.4 Å². The third-order valence-corrected chi connectivity index (χ3v) is 4.08. The molecule has 0 radical (unpaired) electrons. The number of hydrogen-bond donors (Lipinski definition) is 1. The lowest BCUT2D eigenvalue weighted by atomic mass is 10.3. The predicted molar refractivity (Wildman–Crippen MR) is 73.1 cm³/mol. The first-order valence-electron chi connectivity index (χ1n) is 5.38. The third kappa shape index (κ3) is 3.26. The fourth-order valence-electron chi connectivity index (χ4n) is 1.46. The number of nitrogens with one attached hydrogen (secondary N) is 1. The van der Waals surface area contributed by atoms with Crippen molar-refractivity contribution in [2.24, 2.45) is 0 Å². The molecule has 1 aromatic heterocycles. The van der Waals surface area contributed by atoms with E-state index in [1.165, 1.54) is 18.3 Å². The molecule has 0 amide bonds.